The van der Waals surface area contributed by atoms with Crippen molar-refractivity contribution in [2.75, 3.05) is 13.1 Å². The molecule has 1 aromatic carbocycles. The van der Waals surface area contributed by atoms with Crippen molar-refractivity contribution in [1.29, 1.82) is 0 Å². The van der Waals surface area contributed by atoms with Crippen LogP contribution in [0.2, 0.25) is 0 Å². The Hall–Kier alpha value is -2.40. The lowest BCUT2D eigenvalue weighted by Crippen LogP contribution is -2.30. The fraction of sp³-hybridized carbons (Fsp3) is 0.222. The van der Waals surface area contributed by atoms with Crippen molar-refractivity contribution in [3.8, 4) is 10.4 Å². The standard InChI is InChI=1S/C18H18N2O2S/c19-18(22)14-10-11-20(12-14)17(21)9-7-15-6-8-16(23-15)13-4-2-1-3-5-13/h1-9,14H,10-12H2,(H2,19,22)/b9-7+. The van der Waals surface area contributed by atoms with Crippen LogP contribution < -0.4 is 5.73 Å². The highest BCUT2D eigenvalue weighted by Crippen LogP contribution is 2.28. The van der Waals surface area contributed by atoms with Gasteiger partial charge in [0.2, 0.25) is 11.8 Å². The van der Waals surface area contributed by atoms with Gasteiger partial charge in [-0.2, -0.15) is 0 Å². The van der Waals surface area contributed by atoms with E-state index >= 15 is 0 Å². The van der Waals surface area contributed by atoms with E-state index in [0.717, 1.165) is 4.88 Å². The highest BCUT2D eigenvalue weighted by Gasteiger charge is 2.28. The first-order valence-electron chi connectivity index (χ1n) is 7.55. The van der Waals surface area contributed by atoms with Gasteiger partial charge in [0.15, 0.2) is 0 Å². The van der Waals surface area contributed by atoms with E-state index in [-0.39, 0.29) is 17.7 Å². The lowest BCUT2D eigenvalue weighted by atomic mass is 10.1. The summed E-state index contributed by atoms with van der Waals surface area (Å²) in [5.74, 6) is -0.600. The van der Waals surface area contributed by atoms with Gasteiger partial charge in [-0.05, 0) is 30.2 Å². The largest absolute Gasteiger partial charge is 0.369 e. The van der Waals surface area contributed by atoms with E-state index in [1.165, 1.54) is 10.4 Å². The Labute approximate surface area is 139 Å². The van der Waals surface area contributed by atoms with Crippen LogP contribution in [0.1, 0.15) is 11.3 Å². The summed E-state index contributed by atoms with van der Waals surface area (Å²) in [5.41, 5.74) is 6.46. The highest BCUT2D eigenvalue weighted by atomic mass is 32.1. The molecule has 1 aromatic heterocycles. The molecule has 2 N–H and O–H groups in total. The first-order chi connectivity index (χ1) is 11.1. The third-order valence-corrected chi connectivity index (χ3v) is 5.08. The number of likely N-dealkylation sites (tertiary alicyclic amines) is 1. The van der Waals surface area contributed by atoms with Crippen LogP contribution in [0.25, 0.3) is 16.5 Å². The van der Waals surface area contributed by atoms with Crippen LogP contribution in [0.15, 0.2) is 48.5 Å². The molecule has 1 unspecified atom stereocenters. The third-order valence-electron chi connectivity index (χ3n) is 3.98. The molecule has 1 fully saturated rings. The van der Waals surface area contributed by atoms with E-state index in [9.17, 15) is 9.59 Å². The zero-order valence-electron chi connectivity index (χ0n) is 12.6. The molecule has 1 aliphatic rings. The van der Waals surface area contributed by atoms with Gasteiger partial charge < -0.3 is 10.6 Å². The van der Waals surface area contributed by atoms with Gasteiger partial charge in [-0.25, -0.2) is 0 Å². The Bertz CT molecular complexity index is 736. The number of hydrogen-bond acceptors (Lipinski definition) is 3. The fourth-order valence-electron chi connectivity index (χ4n) is 2.65. The number of nitrogens with two attached hydrogens (primary N) is 1. The molecule has 5 heteroatoms. The number of carbonyl (C=O) groups excluding carboxylic acids is 2. The number of benzene rings is 1. The monoisotopic (exact) mass is 326 g/mol. The van der Waals surface area contributed by atoms with E-state index < -0.39 is 0 Å². The fourth-order valence-corrected chi connectivity index (χ4v) is 3.57. The van der Waals surface area contributed by atoms with E-state index in [1.54, 1.807) is 22.3 Å². The lowest BCUT2D eigenvalue weighted by Gasteiger charge is -2.12. The van der Waals surface area contributed by atoms with Crippen molar-refractivity contribution in [2.45, 2.75) is 6.42 Å². The Balaban J connectivity index is 1.63. The number of primary amides is 1. The second kappa shape index (κ2) is 6.79. The molecule has 0 bridgehead atoms. The van der Waals surface area contributed by atoms with Crippen LogP contribution in [0.4, 0.5) is 0 Å². The zero-order chi connectivity index (χ0) is 16.2. The first-order valence-corrected chi connectivity index (χ1v) is 8.36. The van der Waals surface area contributed by atoms with Crippen molar-refractivity contribution in [1.82, 2.24) is 4.90 Å². The maximum Gasteiger partial charge on any atom is 0.246 e. The average molecular weight is 326 g/mol. The number of thiophene rings is 1. The number of rotatable bonds is 4. The third kappa shape index (κ3) is 3.68. The van der Waals surface area contributed by atoms with Crippen molar-refractivity contribution >= 4 is 29.2 Å². The summed E-state index contributed by atoms with van der Waals surface area (Å²) in [6.45, 7) is 1.02. The molecule has 2 aromatic rings. The second-order valence-electron chi connectivity index (χ2n) is 5.57. The van der Waals surface area contributed by atoms with Crippen LogP contribution in [0, 0.1) is 5.92 Å². The summed E-state index contributed by atoms with van der Waals surface area (Å²) < 4.78 is 0. The van der Waals surface area contributed by atoms with E-state index in [4.69, 9.17) is 5.73 Å². The van der Waals surface area contributed by atoms with Gasteiger partial charge in [-0.3, -0.25) is 9.59 Å². The Kier molecular flexibility index (Phi) is 4.57. The van der Waals surface area contributed by atoms with Gasteiger partial charge in [0.25, 0.3) is 0 Å². The molecule has 1 saturated heterocycles. The van der Waals surface area contributed by atoms with Crippen LogP contribution in [0.5, 0.6) is 0 Å². The number of hydrogen-bond donors (Lipinski definition) is 1. The number of carbonyl (C=O) groups is 2. The predicted octanol–water partition coefficient (Wildman–Crippen LogP) is 2.76. The van der Waals surface area contributed by atoms with E-state index in [1.807, 2.05) is 30.3 Å². The molecule has 23 heavy (non-hydrogen) atoms. The van der Waals surface area contributed by atoms with Gasteiger partial charge in [0.05, 0.1) is 5.92 Å². The predicted molar refractivity (Wildman–Crippen MR) is 92.7 cm³/mol. The maximum absolute atomic E-state index is 12.2. The minimum Gasteiger partial charge on any atom is -0.369 e. The van der Waals surface area contributed by atoms with Crippen LogP contribution in [-0.4, -0.2) is 29.8 Å². The van der Waals surface area contributed by atoms with E-state index in [0.29, 0.717) is 19.5 Å². The lowest BCUT2D eigenvalue weighted by molar-refractivity contribution is -0.125. The Morgan fingerprint density at radius 2 is 1.96 bits per heavy atom. The minimum absolute atomic E-state index is 0.0663. The molecule has 0 aliphatic carbocycles. The summed E-state index contributed by atoms with van der Waals surface area (Å²) in [6, 6.07) is 14.2. The van der Waals surface area contributed by atoms with Crippen molar-refractivity contribution in [2.24, 2.45) is 11.7 Å². The van der Waals surface area contributed by atoms with Crippen molar-refractivity contribution < 1.29 is 9.59 Å². The van der Waals surface area contributed by atoms with Crippen molar-refractivity contribution in [3.05, 3.63) is 53.4 Å². The van der Waals surface area contributed by atoms with Crippen molar-refractivity contribution in [3.63, 3.8) is 0 Å². The summed E-state index contributed by atoms with van der Waals surface area (Å²) in [4.78, 5) is 27.2. The molecule has 1 atom stereocenters. The second-order valence-corrected chi connectivity index (χ2v) is 6.69. The van der Waals surface area contributed by atoms with Gasteiger partial charge in [0, 0.05) is 28.9 Å². The topological polar surface area (TPSA) is 63.4 Å². The molecule has 1 aliphatic heterocycles. The summed E-state index contributed by atoms with van der Waals surface area (Å²) in [7, 11) is 0. The molecule has 2 amide bonds. The minimum atomic E-state index is -0.324. The van der Waals surface area contributed by atoms with E-state index in [2.05, 4.69) is 18.2 Å². The average Bonchev–Trinajstić information content (AvgIpc) is 3.23. The van der Waals surface area contributed by atoms with Crippen LogP contribution >= 0.6 is 11.3 Å². The van der Waals surface area contributed by atoms with Gasteiger partial charge >= 0.3 is 0 Å². The van der Waals surface area contributed by atoms with Gasteiger partial charge in [-0.1, -0.05) is 30.3 Å². The smallest absolute Gasteiger partial charge is 0.246 e. The zero-order valence-corrected chi connectivity index (χ0v) is 13.5. The molecule has 0 spiro atoms. The Morgan fingerprint density at radius 3 is 2.65 bits per heavy atom. The molecule has 3 rings (SSSR count). The molecular weight excluding hydrogens is 308 g/mol. The molecule has 0 radical (unpaired) electrons. The summed E-state index contributed by atoms with van der Waals surface area (Å²) >= 11 is 1.64. The van der Waals surface area contributed by atoms with Crippen LogP contribution in [0.3, 0.4) is 0 Å². The normalized spacial score (nSPS) is 17.7. The first kappa shape index (κ1) is 15.5. The molecule has 4 nitrogen and oxygen atoms in total. The molecule has 0 saturated carbocycles. The van der Waals surface area contributed by atoms with Gasteiger partial charge in [-0.15, -0.1) is 11.3 Å². The number of nitrogens with zero attached hydrogens (tertiary/aromatic N) is 1. The Morgan fingerprint density at radius 1 is 1.17 bits per heavy atom. The van der Waals surface area contributed by atoms with Crippen LogP contribution in [-0.2, 0) is 9.59 Å². The molecule has 2 heterocycles. The quantitative estimate of drug-likeness (QED) is 0.878. The molecular formula is C18H18N2O2S. The number of amides is 2. The highest BCUT2D eigenvalue weighted by molar-refractivity contribution is 7.16. The summed E-state index contributed by atoms with van der Waals surface area (Å²) in [5, 5.41) is 0. The maximum atomic E-state index is 12.2. The van der Waals surface area contributed by atoms with Gasteiger partial charge in [0.1, 0.15) is 0 Å². The molecule has 118 valence electrons. The summed E-state index contributed by atoms with van der Waals surface area (Å²) in [6.07, 6.45) is 4.06. The SMILES string of the molecule is NC(=O)C1CCN(C(=O)/C=C/c2ccc(-c3ccccc3)s2)C1.